The Labute approximate surface area is 107 Å². The molecule has 1 aliphatic heterocycles. The Hall–Kier alpha value is -2.15. The second-order valence-electron chi connectivity index (χ2n) is 4.09. The normalized spacial score (nSPS) is 12.8. The van der Waals surface area contributed by atoms with Crippen molar-refractivity contribution in [1.82, 2.24) is 5.32 Å². The summed E-state index contributed by atoms with van der Waals surface area (Å²) in [4.78, 5) is 11.4. The Morgan fingerprint density at radius 2 is 2.44 bits per heavy atom. The minimum absolute atomic E-state index is 0.0141. The summed E-state index contributed by atoms with van der Waals surface area (Å²) in [5.74, 6) is 2.86. The molecule has 0 saturated heterocycles. The fraction of sp³-hybridized carbons (Fsp3) is 0.357. The second-order valence-corrected chi connectivity index (χ2v) is 4.09. The molecule has 1 aliphatic rings. The summed E-state index contributed by atoms with van der Waals surface area (Å²) < 4.78 is 5.52. The number of benzene rings is 1. The van der Waals surface area contributed by atoms with E-state index in [9.17, 15) is 4.79 Å². The Morgan fingerprint density at radius 3 is 3.28 bits per heavy atom. The molecule has 1 aromatic rings. The van der Waals surface area contributed by atoms with Crippen molar-refractivity contribution in [3.63, 3.8) is 0 Å². The molecule has 1 aromatic carbocycles. The Bertz CT molecular complexity index is 477. The van der Waals surface area contributed by atoms with Gasteiger partial charge in [-0.2, -0.15) is 0 Å². The van der Waals surface area contributed by atoms with Crippen molar-refractivity contribution in [2.24, 2.45) is 0 Å². The van der Waals surface area contributed by atoms with E-state index < -0.39 is 0 Å². The van der Waals surface area contributed by atoms with Gasteiger partial charge in [-0.05, 0) is 24.5 Å². The molecule has 2 rings (SSSR count). The van der Waals surface area contributed by atoms with E-state index in [4.69, 9.17) is 11.2 Å². The number of ether oxygens (including phenoxy) is 1. The van der Waals surface area contributed by atoms with Crippen LogP contribution in [0.2, 0.25) is 0 Å². The number of hydrogen-bond donors (Lipinski definition) is 2. The summed E-state index contributed by atoms with van der Waals surface area (Å²) in [7, 11) is 0. The second kappa shape index (κ2) is 5.97. The number of para-hydroxylation sites is 1. The molecule has 0 aliphatic carbocycles. The van der Waals surface area contributed by atoms with Crippen molar-refractivity contribution in [3.05, 3.63) is 23.8 Å². The Morgan fingerprint density at radius 1 is 1.56 bits per heavy atom. The predicted octanol–water partition coefficient (Wildman–Crippen LogP) is 1.17. The molecule has 0 saturated carbocycles. The maximum Gasteiger partial charge on any atom is 0.258 e. The number of carbonyl (C=O) groups excluding carboxylic acids is 1. The van der Waals surface area contributed by atoms with E-state index in [1.807, 2.05) is 12.1 Å². The molecular formula is C14H16N2O2. The van der Waals surface area contributed by atoms with Gasteiger partial charge >= 0.3 is 0 Å². The first kappa shape index (κ1) is 12.3. The highest BCUT2D eigenvalue weighted by Gasteiger charge is 2.13. The first-order chi connectivity index (χ1) is 8.81. The lowest BCUT2D eigenvalue weighted by Crippen LogP contribution is -2.29. The first-order valence-electron chi connectivity index (χ1n) is 6.00. The molecule has 1 heterocycles. The zero-order chi connectivity index (χ0) is 12.8. The molecule has 0 aromatic heterocycles. The average molecular weight is 244 g/mol. The van der Waals surface area contributed by atoms with Crippen LogP contribution in [-0.2, 0) is 11.2 Å². The van der Waals surface area contributed by atoms with E-state index in [0.717, 1.165) is 30.8 Å². The van der Waals surface area contributed by atoms with Gasteiger partial charge in [-0.1, -0.05) is 18.1 Å². The molecule has 18 heavy (non-hydrogen) atoms. The minimum atomic E-state index is -0.207. The van der Waals surface area contributed by atoms with Crippen LogP contribution in [0.15, 0.2) is 18.2 Å². The van der Waals surface area contributed by atoms with Crippen molar-refractivity contribution in [1.29, 1.82) is 0 Å². The molecule has 4 heteroatoms. The molecule has 0 radical (unpaired) electrons. The van der Waals surface area contributed by atoms with Gasteiger partial charge in [0.2, 0.25) is 0 Å². The minimum Gasteiger partial charge on any atom is -0.482 e. The van der Waals surface area contributed by atoms with Gasteiger partial charge in [0.15, 0.2) is 6.61 Å². The summed E-state index contributed by atoms with van der Waals surface area (Å²) in [6.07, 6.45) is 7.23. The highest BCUT2D eigenvalue weighted by molar-refractivity contribution is 5.78. The molecule has 1 amide bonds. The van der Waals surface area contributed by atoms with E-state index in [0.29, 0.717) is 0 Å². The number of amides is 1. The monoisotopic (exact) mass is 244 g/mol. The summed E-state index contributed by atoms with van der Waals surface area (Å²) in [6, 6.07) is 5.89. The van der Waals surface area contributed by atoms with Crippen LogP contribution in [0.25, 0.3) is 0 Å². The van der Waals surface area contributed by atoms with Crippen LogP contribution in [0.4, 0.5) is 5.69 Å². The summed E-state index contributed by atoms with van der Waals surface area (Å²) in [5, 5.41) is 5.87. The van der Waals surface area contributed by atoms with E-state index in [1.165, 1.54) is 5.56 Å². The van der Waals surface area contributed by atoms with Gasteiger partial charge in [0.1, 0.15) is 5.75 Å². The highest BCUT2D eigenvalue weighted by atomic mass is 16.5. The van der Waals surface area contributed by atoms with Crippen LogP contribution in [-0.4, -0.2) is 25.6 Å². The van der Waals surface area contributed by atoms with Gasteiger partial charge < -0.3 is 15.4 Å². The molecule has 0 bridgehead atoms. The van der Waals surface area contributed by atoms with Crippen LogP contribution in [0.1, 0.15) is 12.0 Å². The molecule has 4 nitrogen and oxygen atoms in total. The van der Waals surface area contributed by atoms with Crippen LogP contribution < -0.4 is 15.4 Å². The molecule has 0 fully saturated rings. The highest BCUT2D eigenvalue weighted by Crippen LogP contribution is 2.31. The molecule has 2 N–H and O–H groups in total. The average Bonchev–Trinajstić information content (AvgIpc) is 2.42. The standard InChI is InChI=1S/C14H16N2O2/c1-2-8-15-13(17)10-18-12-7-3-5-11-6-4-9-16-14(11)12/h1,3,5,7,16H,4,6,8-10H2,(H,15,17). The zero-order valence-electron chi connectivity index (χ0n) is 10.2. The Balaban J connectivity index is 1.97. The Kier molecular flexibility index (Phi) is 4.08. The van der Waals surface area contributed by atoms with Crippen molar-refractivity contribution in [2.75, 3.05) is 25.0 Å². The third-order valence-electron chi connectivity index (χ3n) is 2.78. The molecule has 0 unspecified atom stereocenters. The number of terminal acetylenes is 1. The topological polar surface area (TPSA) is 50.4 Å². The summed E-state index contributed by atoms with van der Waals surface area (Å²) in [6.45, 7) is 1.16. The molecule has 0 atom stereocenters. The summed E-state index contributed by atoms with van der Waals surface area (Å²) >= 11 is 0. The molecular weight excluding hydrogens is 228 g/mol. The van der Waals surface area contributed by atoms with Gasteiger partial charge in [0.05, 0.1) is 12.2 Å². The SMILES string of the molecule is C#CCNC(=O)COc1cccc2c1NCCC2. The van der Waals surface area contributed by atoms with Gasteiger partial charge in [-0.15, -0.1) is 6.42 Å². The van der Waals surface area contributed by atoms with Crippen LogP contribution >= 0.6 is 0 Å². The lowest BCUT2D eigenvalue weighted by molar-refractivity contribution is -0.122. The van der Waals surface area contributed by atoms with Gasteiger partial charge in [-0.25, -0.2) is 0 Å². The van der Waals surface area contributed by atoms with Crippen molar-refractivity contribution in [3.8, 4) is 18.1 Å². The fourth-order valence-corrected chi connectivity index (χ4v) is 1.94. The predicted molar refractivity (Wildman–Crippen MR) is 70.6 cm³/mol. The largest absolute Gasteiger partial charge is 0.482 e. The zero-order valence-corrected chi connectivity index (χ0v) is 10.2. The summed E-state index contributed by atoms with van der Waals surface area (Å²) in [5.41, 5.74) is 2.25. The molecule has 94 valence electrons. The third kappa shape index (κ3) is 2.95. The number of aryl methyl sites for hydroxylation is 1. The van der Waals surface area contributed by atoms with Gasteiger partial charge in [0, 0.05) is 6.54 Å². The molecule has 0 spiro atoms. The van der Waals surface area contributed by atoms with E-state index >= 15 is 0 Å². The maximum atomic E-state index is 11.4. The number of carbonyl (C=O) groups is 1. The van der Waals surface area contributed by atoms with Gasteiger partial charge in [0.25, 0.3) is 5.91 Å². The fourth-order valence-electron chi connectivity index (χ4n) is 1.94. The number of nitrogens with one attached hydrogen (secondary N) is 2. The van der Waals surface area contributed by atoms with Crippen LogP contribution in [0.5, 0.6) is 5.75 Å². The smallest absolute Gasteiger partial charge is 0.258 e. The van der Waals surface area contributed by atoms with Crippen molar-refractivity contribution < 1.29 is 9.53 Å². The van der Waals surface area contributed by atoms with Crippen LogP contribution in [0.3, 0.4) is 0 Å². The third-order valence-corrected chi connectivity index (χ3v) is 2.78. The lowest BCUT2D eigenvalue weighted by atomic mass is 10.0. The maximum absolute atomic E-state index is 11.4. The number of fused-ring (bicyclic) bond motifs is 1. The van der Waals surface area contributed by atoms with E-state index in [2.05, 4.69) is 22.6 Å². The number of rotatable bonds is 4. The van der Waals surface area contributed by atoms with Crippen molar-refractivity contribution in [2.45, 2.75) is 12.8 Å². The van der Waals surface area contributed by atoms with Gasteiger partial charge in [-0.3, -0.25) is 4.79 Å². The number of hydrogen-bond acceptors (Lipinski definition) is 3. The quantitative estimate of drug-likeness (QED) is 0.782. The van der Waals surface area contributed by atoms with E-state index in [1.54, 1.807) is 0 Å². The first-order valence-corrected chi connectivity index (χ1v) is 6.00. The van der Waals surface area contributed by atoms with Crippen LogP contribution in [0, 0.1) is 12.3 Å². The van der Waals surface area contributed by atoms with E-state index in [-0.39, 0.29) is 19.1 Å². The van der Waals surface area contributed by atoms with Crippen molar-refractivity contribution >= 4 is 11.6 Å². The number of anilines is 1. The lowest BCUT2D eigenvalue weighted by Gasteiger charge is -2.20.